The number of aliphatic hydroxyl groups excluding tert-OH is 1. The minimum Gasteiger partial charge on any atom is -0.395 e. The van der Waals surface area contributed by atoms with Gasteiger partial charge in [0.2, 0.25) is 0 Å². The van der Waals surface area contributed by atoms with Crippen molar-refractivity contribution < 1.29 is 14.3 Å². The van der Waals surface area contributed by atoms with E-state index in [0.29, 0.717) is 17.7 Å². The van der Waals surface area contributed by atoms with Gasteiger partial charge in [-0.1, -0.05) is 11.8 Å². The van der Waals surface area contributed by atoms with Gasteiger partial charge in [-0.2, -0.15) is 0 Å². The molecule has 2 aromatic rings. The normalized spacial score (nSPS) is 9.62. The van der Waals surface area contributed by atoms with Crippen molar-refractivity contribution in [1.29, 1.82) is 0 Å². The highest BCUT2D eigenvalue weighted by Crippen LogP contribution is 2.11. The van der Waals surface area contributed by atoms with Gasteiger partial charge in [0, 0.05) is 23.2 Å². The number of hydrogen-bond acceptors (Lipinski definition) is 2. The fourth-order valence-electron chi connectivity index (χ4n) is 1.66. The monoisotopic (exact) mass is 283 g/mol. The molecule has 2 rings (SSSR count). The first kappa shape index (κ1) is 14.8. The van der Waals surface area contributed by atoms with Crippen LogP contribution in [0.2, 0.25) is 0 Å². The lowest BCUT2D eigenvalue weighted by atomic mass is 10.1. The molecule has 2 aromatic carbocycles. The molecule has 0 aromatic heterocycles. The van der Waals surface area contributed by atoms with E-state index < -0.39 is 0 Å². The van der Waals surface area contributed by atoms with Gasteiger partial charge in [-0.05, 0) is 48.5 Å². The van der Waals surface area contributed by atoms with Gasteiger partial charge in [-0.3, -0.25) is 4.79 Å². The molecule has 1 amide bonds. The Morgan fingerprint density at radius 3 is 2.38 bits per heavy atom. The van der Waals surface area contributed by atoms with E-state index in [-0.39, 0.29) is 18.3 Å². The first-order chi connectivity index (χ1) is 10.2. The van der Waals surface area contributed by atoms with Crippen molar-refractivity contribution in [3.05, 3.63) is 65.5 Å². The summed E-state index contributed by atoms with van der Waals surface area (Å²) >= 11 is 0. The summed E-state index contributed by atoms with van der Waals surface area (Å²) < 4.78 is 12.8. The van der Waals surface area contributed by atoms with E-state index in [9.17, 15) is 9.18 Å². The highest BCUT2D eigenvalue weighted by Gasteiger charge is 2.05. The molecule has 0 fully saturated rings. The Balaban J connectivity index is 2.03. The minimum absolute atomic E-state index is 0.0329. The van der Waals surface area contributed by atoms with E-state index in [4.69, 9.17) is 5.11 Å². The summed E-state index contributed by atoms with van der Waals surface area (Å²) in [5, 5.41) is 11.3. The summed E-state index contributed by atoms with van der Waals surface area (Å²) in [5.74, 6) is 5.08. The number of carbonyl (C=O) groups is 1. The highest BCUT2D eigenvalue weighted by atomic mass is 19.1. The molecule has 0 atom stereocenters. The van der Waals surface area contributed by atoms with Crippen molar-refractivity contribution in [3.63, 3.8) is 0 Å². The van der Waals surface area contributed by atoms with E-state index in [2.05, 4.69) is 17.2 Å². The predicted molar refractivity (Wildman–Crippen MR) is 79.4 cm³/mol. The van der Waals surface area contributed by atoms with Crippen molar-refractivity contribution in [2.75, 3.05) is 11.9 Å². The number of nitrogens with one attached hydrogen (secondary N) is 1. The number of benzene rings is 2. The van der Waals surface area contributed by atoms with E-state index in [1.54, 1.807) is 24.3 Å². The Morgan fingerprint density at radius 2 is 1.76 bits per heavy atom. The van der Waals surface area contributed by atoms with Gasteiger partial charge in [0.25, 0.3) is 5.91 Å². The number of halogens is 1. The summed E-state index contributed by atoms with van der Waals surface area (Å²) in [6.07, 6.45) is 0.423. The number of aliphatic hydroxyl groups is 1. The molecule has 0 spiro atoms. The van der Waals surface area contributed by atoms with Crippen LogP contribution in [0.25, 0.3) is 0 Å². The second kappa shape index (κ2) is 7.22. The number of rotatable bonds is 3. The maximum absolute atomic E-state index is 12.8. The molecular formula is C17H14FNO2. The van der Waals surface area contributed by atoms with Crippen LogP contribution < -0.4 is 5.32 Å². The molecule has 106 valence electrons. The number of hydrogen-bond donors (Lipinski definition) is 2. The number of amides is 1. The van der Waals surface area contributed by atoms with E-state index in [0.717, 1.165) is 5.56 Å². The van der Waals surface area contributed by atoms with Gasteiger partial charge >= 0.3 is 0 Å². The van der Waals surface area contributed by atoms with Gasteiger partial charge in [-0.25, -0.2) is 4.39 Å². The van der Waals surface area contributed by atoms with Crippen LogP contribution in [0.3, 0.4) is 0 Å². The topological polar surface area (TPSA) is 49.3 Å². The van der Waals surface area contributed by atoms with Gasteiger partial charge < -0.3 is 10.4 Å². The average Bonchev–Trinajstić information content (AvgIpc) is 2.50. The Morgan fingerprint density at radius 1 is 1.10 bits per heavy atom. The Hall–Kier alpha value is -2.64. The fraction of sp³-hybridized carbons (Fsp3) is 0.118. The Kier molecular flexibility index (Phi) is 5.08. The van der Waals surface area contributed by atoms with Crippen LogP contribution in [0.15, 0.2) is 48.5 Å². The number of anilines is 1. The second-order valence-corrected chi connectivity index (χ2v) is 4.31. The fourth-order valence-corrected chi connectivity index (χ4v) is 1.66. The molecule has 0 aliphatic carbocycles. The molecule has 0 bridgehead atoms. The molecule has 3 nitrogen and oxygen atoms in total. The zero-order chi connectivity index (χ0) is 15.1. The largest absolute Gasteiger partial charge is 0.395 e. The lowest BCUT2D eigenvalue weighted by Gasteiger charge is -2.05. The standard InChI is InChI=1S/C17H14FNO2/c18-15-8-10-16(11-9-15)19-17(21)14-6-4-13(5-7-14)3-1-2-12-20/h4-11,20H,2,12H2,(H,19,21). The molecule has 2 N–H and O–H groups in total. The smallest absolute Gasteiger partial charge is 0.255 e. The zero-order valence-electron chi connectivity index (χ0n) is 11.3. The SMILES string of the molecule is O=C(Nc1ccc(F)cc1)c1ccc(C#CCCO)cc1. The van der Waals surface area contributed by atoms with Crippen LogP contribution in [0.5, 0.6) is 0 Å². The summed E-state index contributed by atoms with van der Waals surface area (Å²) in [7, 11) is 0. The summed E-state index contributed by atoms with van der Waals surface area (Å²) in [6.45, 7) is 0.0329. The van der Waals surface area contributed by atoms with Gasteiger partial charge in [0.05, 0.1) is 6.61 Å². The third-order valence-corrected chi connectivity index (χ3v) is 2.72. The van der Waals surface area contributed by atoms with E-state index in [1.165, 1.54) is 24.3 Å². The first-order valence-corrected chi connectivity index (χ1v) is 6.46. The molecule has 0 heterocycles. The molecule has 0 saturated heterocycles. The molecular weight excluding hydrogens is 269 g/mol. The van der Waals surface area contributed by atoms with E-state index in [1.807, 2.05) is 0 Å². The molecule has 4 heteroatoms. The van der Waals surface area contributed by atoms with Crippen molar-refractivity contribution in [2.24, 2.45) is 0 Å². The third kappa shape index (κ3) is 4.44. The zero-order valence-corrected chi connectivity index (χ0v) is 11.3. The van der Waals surface area contributed by atoms with Crippen LogP contribution in [0.4, 0.5) is 10.1 Å². The predicted octanol–water partition coefficient (Wildman–Crippen LogP) is 2.81. The first-order valence-electron chi connectivity index (χ1n) is 6.46. The average molecular weight is 283 g/mol. The van der Waals surface area contributed by atoms with Gasteiger partial charge in [0.15, 0.2) is 0 Å². The molecule has 0 aliphatic heterocycles. The minimum atomic E-state index is -0.348. The quantitative estimate of drug-likeness (QED) is 0.851. The van der Waals surface area contributed by atoms with Crippen molar-refractivity contribution >= 4 is 11.6 Å². The Labute approximate surface area is 122 Å². The maximum atomic E-state index is 12.8. The van der Waals surface area contributed by atoms with Gasteiger partial charge in [-0.15, -0.1) is 0 Å². The molecule has 0 radical (unpaired) electrons. The molecule has 0 unspecified atom stereocenters. The highest BCUT2D eigenvalue weighted by molar-refractivity contribution is 6.04. The summed E-state index contributed by atoms with van der Waals surface area (Å²) in [4.78, 5) is 12.0. The lowest BCUT2D eigenvalue weighted by Crippen LogP contribution is -2.11. The van der Waals surface area contributed by atoms with E-state index >= 15 is 0 Å². The van der Waals surface area contributed by atoms with Crippen LogP contribution in [0.1, 0.15) is 22.3 Å². The summed E-state index contributed by atoms with van der Waals surface area (Å²) in [6, 6.07) is 12.4. The second-order valence-electron chi connectivity index (χ2n) is 4.31. The van der Waals surface area contributed by atoms with Crippen LogP contribution in [0, 0.1) is 17.7 Å². The van der Waals surface area contributed by atoms with Crippen LogP contribution in [-0.4, -0.2) is 17.6 Å². The van der Waals surface area contributed by atoms with Gasteiger partial charge in [0.1, 0.15) is 5.82 Å². The van der Waals surface area contributed by atoms with Crippen molar-refractivity contribution in [3.8, 4) is 11.8 Å². The molecule has 21 heavy (non-hydrogen) atoms. The van der Waals surface area contributed by atoms with Crippen molar-refractivity contribution in [1.82, 2.24) is 0 Å². The molecule has 0 aliphatic rings. The van der Waals surface area contributed by atoms with Crippen LogP contribution in [-0.2, 0) is 0 Å². The Bertz CT molecular complexity index is 667. The van der Waals surface area contributed by atoms with Crippen molar-refractivity contribution in [2.45, 2.75) is 6.42 Å². The lowest BCUT2D eigenvalue weighted by molar-refractivity contribution is 0.102. The van der Waals surface area contributed by atoms with Crippen LogP contribution >= 0.6 is 0 Å². The molecule has 0 saturated carbocycles. The maximum Gasteiger partial charge on any atom is 0.255 e. The number of carbonyl (C=O) groups excluding carboxylic acids is 1. The summed E-state index contributed by atoms with van der Waals surface area (Å²) in [5.41, 5.74) is 1.81. The third-order valence-electron chi connectivity index (χ3n) is 2.72.